The first kappa shape index (κ1) is 24.0. The van der Waals surface area contributed by atoms with E-state index >= 15 is 0 Å². The number of nitrogens with zero attached hydrogens (tertiary/aromatic N) is 1. The van der Waals surface area contributed by atoms with Gasteiger partial charge in [-0.25, -0.2) is 9.79 Å². The third-order valence-electron chi connectivity index (χ3n) is 5.12. The Bertz CT molecular complexity index is 1340. The molecule has 3 aromatic rings. The number of aliphatic imine (C=N–C) groups is 1. The number of Topliss-reactive ketones (excluding diaryl/α,β-unsaturated/α-hetero) is 1. The molecule has 0 saturated carbocycles. The number of esters is 1. The first-order valence-electron chi connectivity index (χ1n) is 10.7. The smallest absolute Gasteiger partial charge is 0.336 e. The largest absolute Gasteiger partial charge is 0.497 e. The summed E-state index contributed by atoms with van der Waals surface area (Å²) in [5.41, 5.74) is 1.08. The Morgan fingerprint density at radius 1 is 1.11 bits per heavy atom. The van der Waals surface area contributed by atoms with Gasteiger partial charge in [-0.15, -0.1) is 0 Å². The van der Waals surface area contributed by atoms with Crippen LogP contribution in [-0.4, -0.2) is 41.6 Å². The Labute approximate surface area is 205 Å². The highest BCUT2D eigenvalue weighted by molar-refractivity contribution is 8.19. The summed E-state index contributed by atoms with van der Waals surface area (Å²) >= 11 is 1.07. The summed E-state index contributed by atoms with van der Waals surface area (Å²) in [5.74, 6) is -2.01. The number of ether oxygens (including phenoxy) is 2. The second kappa shape index (κ2) is 10.4. The molecule has 0 aliphatic carbocycles. The number of rotatable bonds is 7. The van der Waals surface area contributed by atoms with Crippen molar-refractivity contribution in [2.45, 2.75) is 6.92 Å². The highest BCUT2D eigenvalue weighted by Gasteiger charge is 2.43. The first-order chi connectivity index (χ1) is 16.9. The molecule has 0 radical (unpaired) electrons. The van der Waals surface area contributed by atoms with Gasteiger partial charge in [-0.3, -0.25) is 9.59 Å². The molecule has 1 aliphatic rings. The van der Waals surface area contributed by atoms with Crippen LogP contribution in [0.5, 0.6) is 5.75 Å². The van der Waals surface area contributed by atoms with Gasteiger partial charge in [0.15, 0.2) is 11.7 Å². The predicted octanol–water partition coefficient (Wildman–Crippen LogP) is 5.22. The number of methoxy groups -OCH3 is 1. The minimum atomic E-state index is -1.17. The highest BCUT2D eigenvalue weighted by atomic mass is 32.2. The van der Waals surface area contributed by atoms with Crippen molar-refractivity contribution in [3.05, 3.63) is 76.9 Å². The quantitative estimate of drug-likeness (QED) is 0.272. The summed E-state index contributed by atoms with van der Waals surface area (Å²) in [5, 5.41) is 9.74. The zero-order valence-corrected chi connectivity index (χ0v) is 19.7. The molecule has 0 spiro atoms. The number of benzene rings is 2. The SMILES string of the molecule is CCOC(=O)C1C(=O)/C(=C/c2ccc(-c3ccccc3C(=O)O)o2)SC1=Nc1ccc(OC)cc1. The highest BCUT2D eigenvalue weighted by Crippen LogP contribution is 2.39. The number of furan rings is 1. The van der Waals surface area contributed by atoms with Gasteiger partial charge in [0.25, 0.3) is 0 Å². The summed E-state index contributed by atoms with van der Waals surface area (Å²) in [6.07, 6.45) is 1.52. The van der Waals surface area contributed by atoms with Crippen LogP contribution in [-0.2, 0) is 14.3 Å². The Morgan fingerprint density at radius 2 is 1.86 bits per heavy atom. The zero-order valence-electron chi connectivity index (χ0n) is 18.9. The van der Waals surface area contributed by atoms with E-state index in [1.807, 2.05) is 0 Å². The fourth-order valence-electron chi connectivity index (χ4n) is 3.47. The van der Waals surface area contributed by atoms with Gasteiger partial charge in [-0.1, -0.05) is 30.0 Å². The summed E-state index contributed by atoms with van der Waals surface area (Å²) in [6.45, 7) is 1.80. The van der Waals surface area contributed by atoms with E-state index in [9.17, 15) is 19.5 Å². The lowest BCUT2D eigenvalue weighted by Gasteiger charge is -2.07. The number of hydrogen-bond donors (Lipinski definition) is 1. The van der Waals surface area contributed by atoms with Crippen LogP contribution in [0.4, 0.5) is 5.69 Å². The van der Waals surface area contributed by atoms with Crippen molar-refractivity contribution in [3.63, 3.8) is 0 Å². The Balaban J connectivity index is 1.67. The monoisotopic (exact) mass is 491 g/mol. The molecule has 1 aliphatic heterocycles. The normalized spacial score (nSPS) is 17.7. The van der Waals surface area contributed by atoms with Crippen LogP contribution in [0.15, 0.2) is 75.0 Å². The third-order valence-corrected chi connectivity index (χ3v) is 6.20. The summed E-state index contributed by atoms with van der Waals surface area (Å²) in [7, 11) is 1.56. The molecular weight excluding hydrogens is 470 g/mol. The number of ketones is 1. The van der Waals surface area contributed by atoms with Gasteiger partial charge < -0.3 is 19.0 Å². The number of thioether (sulfide) groups is 1. The molecule has 8 nitrogen and oxygen atoms in total. The second-order valence-electron chi connectivity index (χ2n) is 7.36. The number of carboxylic acid groups (broad SMARTS) is 1. The molecular formula is C26H21NO7S. The molecule has 1 saturated heterocycles. The van der Waals surface area contributed by atoms with Crippen LogP contribution >= 0.6 is 11.8 Å². The van der Waals surface area contributed by atoms with Gasteiger partial charge in [0, 0.05) is 5.56 Å². The van der Waals surface area contributed by atoms with Gasteiger partial charge >= 0.3 is 11.9 Å². The van der Waals surface area contributed by atoms with E-state index < -0.39 is 23.6 Å². The lowest BCUT2D eigenvalue weighted by molar-refractivity contribution is -0.147. The molecule has 1 aromatic heterocycles. The topological polar surface area (TPSA) is 115 Å². The molecule has 2 aromatic carbocycles. The average Bonchev–Trinajstić information content (AvgIpc) is 3.44. The van der Waals surface area contributed by atoms with Crippen molar-refractivity contribution in [1.82, 2.24) is 0 Å². The Hall–Kier alpha value is -4.11. The van der Waals surface area contributed by atoms with E-state index in [-0.39, 0.29) is 17.1 Å². The summed E-state index contributed by atoms with van der Waals surface area (Å²) in [4.78, 5) is 42.0. The molecule has 178 valence electrons. The molecule has 9 heteroatoms. The number of carbonyl (C=O) groups excluding carboxylic acids is 2. The summed E-state index contributed by atoms with van der Waals surface area (Å²) in [6, 6.07) is 16.6. The lowest BCUT2D eigenvalue weighted by atomic mass is 10.1. The van der Waals surface area contributed by atoms with Crippen LogP contribution < -0.4 is 4.74 Å². The van der Waals surface area contributed by atoms with Crippen LogP contribution in [0, 0.1) is 5.92 Å². The number of carbonyl (C=O) groups is 3. The minimum Gasteiger partial charge on any atom is -0.497 e. The second-order valence-corrected chi connectivity index (χ2v) is 8.42. The van der Waals surface area contributed by atoms with E-state index in [2.05, 4.69) is 4.99 Å². The van der Waals surface area contributed by atoms with Gasteiger partial charge in [0.2, 0.25) is 0 Å². The maximum absolute atomic E-state index is 13.1. The minimum absolute atomic E-state index is 0.101. The van der Waals surface area contributed by atoms with E-state index in [4.69, 9.17) is 13.9 Å². The maximum atomic E-state index is 13.1. The van der Waals surface area contributed by atoms with Crippen molar-refractivity contribution in [1.29, 1.82) is 0 Å². The summed E-state index contributed by atoms with van der Waals surface area (Å²) < 4.78 is 16.1. The van der Waals surface area contributed by atoms with Crippen LogP contribution in [0.2, 0.25) is 0 Å². The molecule has 1 atom stereocenters. The van der Waals surface area contributed by atoms with Crippen molar-refractivity contribution >= 4 is 46.3 Å². The predicted molar refractivity (Wildman–Crippen MR) is 132 cm³/mol. The molecule has 2 heterocycles. The number of carboxylic acids is 1. The fourth-order valence-corrected chi connectivity index (χ4v) is 4.56. The van der Waals surface area contributed by atoms with E-state index in [0.717, 1.165) is 11.8 Å². The van der Waals surface area contributed by atoms with Crippen LogP contribution in [0.3, 0.4) is 0 Å². The molecule has 0 bridgehead atoms. The van der Waals surface area contributed by atoms with Crippen LogP contribution in [0.1, 0.15) is 23.0 Å². The molecule has 0 amide bonds. The Kier molecular flexibility index (Phi) is 7.17. The van der Waals surface area contributed by atoms with Crippen molar-refractivity contribution in [3.8, 4) is 17.1 Å². The molecule has 1 unspecified atom stereocenters. The van der Waals surface area contributed by atoms with E-state index in [1.165, 1.54) is 12.1 Å². The lowest BCUT2D eigenvalue weighted by Crippen LogP contribution is -2.27. The van der Waals surface area contributed by atoms with Crippen molar-refractivity contribution in [2.75, 3.05) is 13.7 Å². The average molecular weight is 492 g/mol. The molecule has 35 heavy (non-hydrogen) atoms. The van der Waals surface area contributed by atoms with Gasteiger partial charge in [-0.2, -0.15) is 0 Å². The molecule has 1 N–H and O–H groups in total. The maximum Gasteiger partial charge on any atom is 0.336 e. The first-order valence-corrected chi connectivity index (χ1v) is 11.5. The molecule has 1 fully saturated rings. The van der Waals surface area contributed by atoms with E-state index in [1.54, 1.807) is 68.6 Å². The van der Waals surface area contributed by atoms with Gasteiger partial charge in [-0.05, 0) is 55.5 Å². The molecule has 4 rings (SSSR count). The van der Waals surface area contributed by atoms with Crippen molar-refractivity contribution < 1.29 is 33.4 Å². The Morgan fingerprint density at radius 3 is 2.54 bits per heavy atom. The number of allylic oxidation sites excluding steroid dienone is 1. The number of hydrogen-bond acceptors (Lipinski definition) is 8. The van der Waals surface area contributed by atoms with Crippen LogP contribution in [0.25, 0.3) is 17.4 Å². The van der Waals surface area contributed by atoms with Gasteiger partial charge in [0.1, 0.15) is 22.3 Å². The fraction of sp³-hybridized carbons (Fsp3) is 0.154. The van der Waals surface area contributed by atoms with Gasteiger partial charge in [0.05, 0.1) is 29.9 Å². The van der Waals surface area contributed by atoms with Crippen molar-refractivity contribution in [2.24, 2.45) is 10.9 Å². The number of aromatic carboxylic acids is 1. The standard InChI is InChI=1S/C26H21NO7S/c1-3-33-26(31)22-23(28)21(35-24(22)27-15-8-10-16(32-2)11-9-15)14-17-12-13-20(34-17)18-6-4-5-7-19(18)25(29)30/h4-14,22H,3H2,1-2H3,(H,29,30)/b21-14-,27-24?. The third kappa shape index (κ3) is 5.20. The van der Waals surface area contributed by atoms with E-state index in [0.29, 0.717) is 33.6 Å². The zero-order chi connectivity index (χ0) is 24.9.